The van der Waals surface area contributed by atoms with Gasteiger partial charge in [0.25, 0.3) is 0 Å². The summed E-state index contributed by atoms with van der Waals surface area (Å²) in [5, 5.41) is 0. The van der Waals surface area contributed by atoms with Gasteiger partial charge in [-0.05, 0) is 70.6 Å². The van der Waals surface area contributed by atoms with Crippen LogP contribution in [0.25, 0.3) is 0 Å². The highest BCUT2D eigenvalue weighted by molar-refractivity contribution is 5.71. The van der Waals surface area contributed by atoms with E-state index in [1.807, 2.05) is 0 Å². The number of unbranched alkanes of at least 4 members (excludes halogenated alkanes) is 42. The molecule has 0 aliphatic rings. The van der Waals surface area contributed by atoms with E-state index in [1.165, 1.54) is 238 Å². The first-order valence-electron chi connectivity index (χ1n) is 32.0. The van der Waals surface area contributed by atoms with Crippen molar-refractivity contribution in [2.75, 3.05) is 13.2 Å². The Morgan fingerprint density at radius 1 is 0.278 bits per heavy atom. The van der Waals surface area contributed by atoms with Crippen LogP contribution < -0.4 is 0 Å². The Morgan fingerprint density at radius 3 is 0.819 bits per heavy atom. The lowest BCUT2D eigenvalue weighted by Crippen LogP contribution is -2.30. The Labute approximate surface area is 448 Å². The van der Waals surface area contributed by atoms with Gasteiger partial charge in [-0.2, -0.15) is 0 Å². The van der Waals surface area contributed by atoms with Crippen molar-refractivity contribution in [3.8, 4) is 0 Å². The monoisotopic (exact) mass is 1010 g/mol. The highest BCUT2D eigenvalue weighted by atomic mass is 16.6. The summed E-state index contributed by atoms with van der Waals surface area (Å²) < 4.78 is 16.9. The lowest BCUT2D eigenvalue weighted by atomic mass is 10.0. The van der Waals surface area contributed by atoms with Crippen LogP contribution >= 0.6 is 0 Å². The van der Waals surface area contributed by atoms with E-state index in [9.17, 15) is 14.4 Å². The average molecular weight is 1010 g/mol. The molecule has 0 spiro atoms. The minimum atomic E-state index is -0.771. The standard InChI is InChI=1S/C66H122O6/c1-4-7-10-13-16-19-22-24-26-27-28-29-30-31-32-33-34-35-36-37-38-39-40-42-44-47-50-53-56-59-65(68)71-62-63(61-70-64(67)58-55-52-49-46-43-21-18-15-12-9-6-3)72-66(69)60-57-54-51-48-45-41-25-23-20-17-14-11-8-5-2/h15,18,22,24,27-28,63H,4-14,16-17,19-21,23,25-26,29-62H2,1-3H3/b18-15-,24-22-,28-27-. The molecule has 6 heteroatoms. The number of rotatable bonds is 59. The summed E-state index contributed by atoms with van der Waals surface area (Å²) in [7, 11) is 0. The van der Waals surface area contributed by atoms with E-state index in [2.05, 4.69) is 57.2 Å². The van der Waals surface area contributed by atoms with Gasteiger partial charge < -0.3 is 14.2 Å². The number of esters is 3. The molecule has 6 nitrogen and oxygen atoms in total. The molecule has 0 aliphatic heterocycles. The molecule has 0 amide bonds. The minimum absolute atomic E-state index is 0.0697. The van der Waals surface area contributed by atoms with Gasteiger partial charge >= 0.3 is 17.9 Å². The van der Waals surface area contributed by atoms with Crippen LogP contribution in [0.2, 0.25) is 0 Å². The van der Waals surface area contributed by atoms with Crippen LogP contribution in [0.5, 0.6) is 0 Å². The first-order valence-corrected chi connectivity index (χ1v) is 32.0. The number of hydrogen-bond acceptors (Lipinski definition) is 6. The number of hydrogen-bond donors (Lipinski definition) is 0. The molecular weight excluding hydrogens is 889 g/mol. The summed E-state index contributed by atoms with van der Waals surface area (Å²) in [6.45, 7) is 6.63. The molecule has 0 heterocycles. The van der Waals surface area contributed by atoms with E-state index in [1.54, 1.807) is 0 Å². The van der Waals surface area contributed by atoms with Crippen molar-refractivity contribution in [3.63, 3.8) is 0 Å². The van der Waals surface area contributed by atoms with Gasteiger partial charge in [-0.25, -0.2) is 0 Å². The lowest BCUT2D eigenvalue weighted by Gasteiger charge is -2.18. The summed E-state index contributed by atoms with van der Waals surface area (Å²) in [6, 6.07) is 0. The van der Waals surface area contributed by atoms with Crippen LogP contribution in [0, 0.1) is 0 Å². The third-order valence-corrected chi connectivity index (χ3v) is 14.4. The minimum Gasteiger partial charge on any atom is -0.462 e. The molecule has 0 rings (SSSR count). The molecule has 1 atom stereocenters. The number of carbonyl (C=O) groups excluding carboxylic acids is 3. The molecule has 422 valence electrons. The smallest absolute Gasteiger partial charge is 0.306 e. The zero-order valence-corrected chi connectivity index (χ0v) is 48.5. The number of carbonyl (C=O) groups is 3. The topological polar surface area (TPSA) is 78.9 Å². The van der Waals surface area contributed by atoms with Crippen molar-refractivity contribution in [3.05, 3.63) is 36.5 Å². The van der Waals surface area contributed by atoms with Crippen LogP contribution in [0.1, 0.15) is 348 Å². The Balaban J connectivity index is 4.11. The maximum absolute atomic E-state index is 12.8. The van der Waals surface area contributed by atoms with Crippen molar-refractivity contribution in [2.45, 2.75) is 354 Å². The maximum atomic E-state index is 12.8. The highest BCUT2D eigenvalue weighted by Gasteiger charge is 2.19. The van der Waals surface area contributed by atoms with Gasteiger partial charge in [-0.1, -0.05) is 295 Å². The van der Waals surface area contributed by atoms with E-state index in [0.717, 1.165) is 70.6 Å². The second-order valence-electron chi connectivity index (χ2n) is 21.7. The average Bonchev–Trinajstić information content (AvgIpc) is 3.38. The molecule has 0 saturated heterocycles. The van der Waals surface area contributed by atoms with Gasteiger partial charge in [-0.3, -0.25) is 14.4 Å². The number of ether oxygens (including phenoxy) is 3. The first-order chi connectivity index (χ1) is 35.5. The van der Waals surface area contributed by atoms with Crippen LogP contribution in [0.4, 0.5) is 0 Å². The van der Waals surface area contributed by atoms with E-state index in [0.29, 0.717) is 19.3 Å². The Morgan fingerprint density at radius 2 is 0.514 bits per heavy atom. The molecule has 1 unspecified atom stereocenters. The summed E-state index contributed by atoms with van der Waals surface area (Å²) in [6.07, 6.45) is 74.5. The second-order valence-corrected chi connectivity index (χ2v) is 21.7. The predicted molar refractivity (Wildman–Crippen MR) is 312 cm³/mol. The lowest BCUT2D eigenvalue weighted by molar-refractivity contribution is -0.167. The zero-order valence-electron chi connectivity index (χ0n) is 48.5. The van der Waals surface area contributed by atoms with Gasteiger partial charge in [0.15, 0.2) is 6.10 Å². The van der Waals surface area contributed by atoms with Crippen molar-refractivity contribution < 1.29 is 28.6 Å². The fourth-order valence-electron chi connectivity index (χ4n) is 9.52. The molecule has 0 aliphatic carbocycles. The molecule has 0 fully saturated rings. The first kappa shape index (κ1) is 69.6. The second kappa shape index (κ2) is 61.2. The van der Waals surface area contributed by atoms with E-state index < -0.39 is 6.10 Å². The quantitative estimate of drug-likeness (QED) is 0.0261. The zero-order chi connectivity index (χ0) is 52.2. The van der Waals surface area contributed by atoms with Gasteiger partial charge in [0.05, 0.1) is 0 Å². The van der Waals surface area contributed by atoms with Crippen molar-refractivity contribution >= 4 is 17.9 Å². The summed E-state index contributed by atoms with van der Waals surface area (Å²) in [5.74, 6) is -0.859. The summed E-state index contributed by atoms with van der Waals surface area (Å²) >= 11 is 0. The molecule has 0 N–H and O–H groups in total. The molecule has 0 aromatic rings. The molecule has 0 aromatic carbocycles. The van der Waals surface area contributed by atoms with E-state index >= 15 is 0 Å². The van der Waals surface area contributed by atoms with Crippen molar-refractivity contribution in [2.24, 2.45) is 0 Å². The van der Waals surface area contributed by atoms with Crippen molar-refractivity contribution in [1.82, 2.24) is 0 Å². The molecule has 0 radical (unpaired) electrons. The predicted octanol–water partition coefficient (Wildman–Crippen LogP) is 21.6. The summed E-state index contributed by atoms with van der Waals surface area (Å²) in [4.78, 5) is 38.2. The number of allylic oxidation sites excluding steroid dienone is 6. The largest absolute Gasteiger partial charge is 0.462 e. The SMILES string of the molecule is CCCC/C=C\CCCCCCCC(=O)OCC(COC(=O)CCCCCCCCCCCCCCCCCCC/C=C\C/C=C\CCCCCCC)OC(=O)CCCCCCCCCCCCCCCC. The van der Waals surface area contributed by atoms with Gasteiger partial charge in [-0.15, -0.1) is 0 Å². The van der Waals surface area contributed by atoms with Crippen LogP contribution in [-0.4, -0.2) is 37.2 Å². The van der Waals surface area contributed by atoms with Crippen LogP contribution in [0.3, 0.4) is 0 Å². The van der Waals surface area contributed by atoms with Gasteiger partial charge in [0, 0.05) is 19.3 Å². The Kier molecular flexibility index (Phi) is 59.2. The molecule has 0 saturated carbocycles. The van der Waals surface area contributed by atoms with E-state index in [4.69, 9.17) is 14.2 Å². The Bertz CT molecular complexity index is 1210. The van der Waals surface area contributed by atoms with Gasteiger partial charge in [0.1, 0.15) is 13.2 Å². The summed E-state index contributed by atoms with van der Waals surface area (Å²) in [5.41, 5.74) is 0. The van der Waals surface area contributed by atoms with Crippen LogP contribution in [-0.2, 0) is 28.6 Å². The third kappa shape index (κ3) is 58.5. The fraction of sp³-hybridized carbons (Fsp3) is 0.864. The third-order valence-electron chi connectivity index (χ3n) is 14.4. The normalized spacial score (nSPS) is 12.2. The van der Waals surface area contributed by atoms with Crippen LogP contribution in [0.15, 0.2) is 36.5 Å². The molecular formula is C66H122O6. The van der Waals surface area contributed by atoms with Gasteiger partial charge in [0.2, 0.25) is 0 Å². The maximum Gasteiger partial charge on any atom is 0.306 e. The molecule has 72 heavy (non-hydrogen) atoms. The molecule has 0 aromatic heterocycles. The van der Waals surface area contributed by atoms with E-state index in [-0.39, 0.29) is 31.1 Å². The van der Waals surface area contributed by atoms with Crippen molar-refractivity contribution in [1.29, 1.82) is 0 Å². The highest BCUT2D eigenvalue weighted by Crippen LogP contribution is 2.17. The fourth-order valence-corrected chi connectivity index (χ4v) is 9.52. The molecule has 0 bridgehead atoms. The Hall–Kier alpha value is -2.37.